The molecule has 0 amide bonds. The fourth-order valence-corrected chi connectivity index (χ4v) is 1.29. The van der Waals surface area contributed by atoms with E-state index in [-0.39, 0.29) is 0 Å². The van der Waals surface area contributed by atoms with Crippen LogP contribution in [0, 0.1) is 0 Å². The molecule has 1 aliphatic rings. The standard InChI is InChI=1S/C11H15N/c1-9(2)7-10-5-4-6-11(8-10)12-3/h6,11-12H,1,7-8H2,2-3H3. The first-order chi connectivity index (χ1) is 5.72. The minimum atomic E-state index is 0.431. The van der Waals surface area contributed by atoms with Crippen molar-refractivity contribution in [2.24, 2.45) is 0 Å². The second-order valence-electron chi connectivity index (χ2n) is 3.27. The second kappa shape index (κ2) is 4.13. The van der Waals surface area contributed by atoms with E-state index in [9.17, 15) is 0 Å². The first kappa shape index (κ1) is 9.09. The number of hydrogen-bond acceptors (Lipinski definition) is 1. The SMILES string of the molecule is C=C(C)CC1=C=C=CC(NC)C1. The molecule has 1 aliphatic carbocycles. The molecular weight excluding hydrogens is 146 g/mol. The van der Waals surface area contributed by atoms with Gasteiger partial charge in [-0.25, -0.2) is 0 Å². The van der Waals surface area contributed by atoms with E-state index in [2.05, 4.69) is 23.4 Å². The van der Waals surface area contributed by atoms with E-state index in [1.165, 1.54) is 11.1 Å². The van der Waals surface area contributed by atoms with Crippen LogP contribution in [-0.4, -0.2) is 13.1 Å². The van der Waals surface area contributed by atoms with E-state index in [0.717, 1.165) is 12.8 Å². The van der Waals surface area contributed by atoms with Gasteiger partial charge in [-0.15, -0.1) is 0 Å². The number of hydrogen-bond donors (Lipinski definition) is 1. The third-order valence-electron chi connectivity index (χ3n) is 1.89. The van der Waals surface area contributed by atoms with Gasteiger partial charge in [0.25, 0.3) is 0 Å². The maximum Gasteiger partial charge on any atom is 0.0372 e. The van der Waals surface area contributed by atoms with Gasteiger partial charge in [0, 0.05) is 6.04 Å². The van der Waals surface area contributed by atoms with Crippen molar-refractivity contribution in [1.29, 1.82) is 0 Å². The van der Waals surface area contributed by atoms with Gasteiger partial charge in [0.2, 0.25) is 0 Å². The minimum absolute atomic E-state index is 0.431. The Labute approximate surface area is 74.2 Å². The summed E-state index contributed by atoms with van der Waals surface area (Å²) in [4.78, 5) is 0. The predicted molar refractivity (Wildman–Crippen MR) is 52.0 cm³/mol. The van der Waals surface area contributed by atoms with E-state index >= 15 is 0 Å². The van der Waals surface area contributed by atoms with E-state index in [1.807, 2.05) is 20.0 Å². The van der Waals surface area contributed by atoms with Crippen LogP contribution in [-0.2, 0) is 0 Å². The van der Waals surface area contributed by atoms with Crippen molar-refractivity contribution in [2.45, 2.75) is 25.8 Å². The zero-order valence-corrected chi connectivity index (χ0v) is 7.78. The Morgan fingerprint density at radius 1 is 1.83 bits per heavy atom. The highest BCUT2D eigenvalue weighted by molar-refractivity contribution is 5.17. The van der Waals surface area contributed by atoms with Gasteiger partial charge in [-0.3, -0.25) is 0 Å². The summed E-state index contributed by atoms with van der Waals surface area (Å²) in [5.41, 5.74) is 8.64. The summed E-state index contributed by atoms with van der Waals surface area (Å²) in [5.74, 6) is 0. The molecule has 0 bridgehead atoms. The molecule has 0 spiro atoms. The number of likely N-dealkylation sites (N-methyl/N-ethyl adjacent to an activating group) is 1. The number of rotatable bonds is 3. The lowest BCUT2D eigenvalue weighted by atomic mass is 9.99. The van der Waals surface area contributed by atoms with Crippen LogP contribution in [0.15, 0.2) is 35.3 Å². The summed E-state index contributed by atoms with van der Waals surface area (Å²) in [6.07, 6.45) is 4.01. The first-order valence-electron chi connectivity index (χ1n) is 4.23. The summed E-state index contributed by atoms with van der Waals surface area (Å²) in [7, 11) is 1.96. The summed E-state index contributed by atoms with van der Waals surface area (Å²) in [6.45, 7) is 5.92. The van der Waals surface area contributed by atoms with Crippen molar-refractivity contribution < 1.29 is 0 Å². The molecule has 1 nitrogen and oxygen atoms in total. The molecule has 0 saturated carbocycles. The fourth-order valence-electron chi connectivity index (χ4n) is 1.29. The van der Waals surface area contributed by atoms with Gasteiger partial charge in [0.15, 0.2) is 0 Å². The van der Waals surface area contributed by atoms with Crippen LogP contribution in [0.25, 0.3) is 0 Å². The van der Waals surface area contributed by atoms with Gasteiger partial charge >= 0.3 is 0 Å². The topological polar surface area (TPSA) is 12.0 Å². The molecule has 0 aromatic carbocycles. The average Bonchev–Trinajstić information content (AvgIpc) is 2.03. The fraction of sp³-hybridized carbons (Fsp3) is 0.455. The highest BCUT2D eigenvalue weighted by Gasteiger charge is 2.07. The van der Waals surface area contributed by atoms with E-state index in [0.29, 0.717) is 6.04 Å². The molecular formula is C11H15N. The molecule has 12 heavy (non-hydrogen) atoms. The van der Waals surface area contributed by atoms with Gasteiger partial charge in [-0.1, -0.05) is 23.6 Å². The van der Waals surface area contributed by atoms with Gasteiger partial charge in [0.1, 0.15) is 0 Å². The molecule has 1 heteroatoms. The molecule has 0 radical (unpaired) electrons. The lowest BCUT2D eigenvalue weighted by molar-refractivity contribution is 0.649. The van der Waals surface area contributed by atoms with Gasteiger partial charge in [-0.05, 0) is 38.5 Å². The van der Waals surface area contributed by atoms with Gasteiger partial charge in [0.05, 0.1) is 0 Å². The van der Waals surface area contributed by atoms with Crippen LogP contribution in [0.1, 0.15) is 19.8 Å². The Balaban J connectivity index is 2.64. The van der Waals surface area contributed by atoms with E-state index in [1.54, 1.807) is 0 Å². The Bertz CT molecular complexity index is 273. The third kappa shape index (κ3) is 2.56. The maximum absolute atomic E-state index is 3.88. The highest BCUT2D eigenvalue weighted by atomic mass is 14.9. The zero-order chi connectivity index (χ0) is 8.97. The van der Waals surface area contributed by atoms with Crippen molar-refractivity contribution in [2.75, 3.05) is 7.05 Å². The van der Waals surface area contributed by atoms with Crippen LogP contribution < -0.4 is 5.32 Å². The second-order valence-corrected chi connectivity index (χ2v) is 3.27. The lowest BCUT2D eigenvalue weighted by Crippen LogP contribution is -2.23. The Hall–Kier alpha value is -1.00. The third-order valence-corrected chi connectivity index (χ3v) is 1.89. The smallest absolute Gasteiger partial charge is 0.0372 e. The molecule has 1 rings (SSSR count). The minimum Gasteiger partial charge on any atom is -0.313 e. The quantitative estimate of drug-likeness (QED) is 0.494. The van der Waals surface area contributed by atoms with Gasteiger partial charge in [-0.2, -0.15) is 0 Å². The summed E-state index contributed by atoms with van der Waals surface area (Å²) in [6, 6.07) is 0.431. The number of allylic oxidation sites excluding steroid dienone is 1. The molecule has 0 aliphatic heterocycles. The van der Waals surface area contributed by atoms with Crippen molar-refractivity contribution >= 4 is 0 Å². The lowest BCUT2D eigenvalue weighted by Gasteiger charge is -2.13. The Kier molecular flexibility index (Phi) is 3.13. The van der Waals surface area contributed by atoms with Crippen molar-refractivity contribution in [3.05, 3.63) is 35.3 Å². The molecule has 0 saturated heterocycles. The average molecular weight is 161 g/mol. The molecule has 0 fully saturated rings. The van der Waals surface area contributed by atoms with Crippen molar-refractivity contribution in [3.63, 3.8) is 0 Å². The van der Waals surface area contributed by atoms with Crippen molar-refractivity contribution in [1.82, 2.24) is 5.32 Å². The highest BCUT2D eigenvalue weighted by Crippen LogP contribution is 2.15. The van der Waals surface area contributed by atoms with Crippen molar-refractivity contribution in [3.8, 4) is 0 Å². The summed E-state index contributed by atoms with van der Waals surface area (Å²) in [5, 5.41) is 3.20. The molecule has 0 aromatic rings. The van der Waals surface area contributed by atoms with Gasteiger partial charge < -0.3 is 5.32 Å². The molecule has 1 N–H and O–H groups in total. The molecule has 1 atom stereocenters. The zero-order valence-electron chi connectivity index (χ0n) is 7.78. The Morgan fingerprint density at radius 3 is 3.17 bits per heavy atom. The molecule has 1 unspecified atom stereocenters. The summed E-state index contributed by atoms with van der Waals surface area (Å²) >= 11 is 0. The predicted octanol–water partition coefficient (Wildman–Crippen LogP) is 2.18. The molecule has 0 heterocycles. The Morgan fingerprint density at radius 2 is 2.58 bits per heavy atom. The molecule has 64 valence electrons. The van der Waals surface area contributed by atoms with E-state index in [4.69, 9.17) is 0 Å². The molecule has 0 aromatic heterocycles. The monoisotopic (exact) mass is 161 g/mol. The largest absolute Gasteiger partial charge is 0.313 e. The first-order valence-corrected chi connectivity index (χ1v) is 4.23. The van der Waals surface area contributed by atoms with Crippen LogP contribution in [0.5, 0.6) is 0 Å². The van der Waals surface area contributed by atoms with Crippen LogP contribution in [0.2, 0.25) is 0 Å². The normalized spacial score (nSPS) is 20.8. The van der Waals surface area contributed by atoms with Crippen LogP contribution in [0.4, 0.5) is 0 Å². The maximum atomic E-state index is 3.88. The van der Waals surface area contributed by atoms with E-state index < -0.39 is 0 Å². The van der Waals surface area contributed by atoms with Crippen LogP contribution in [0.3, 0.4) is 0 Å². The number of nitrogens with one attached hydrogen (secondary N) is 1. The van der Waals surface area contributed by atoms with Crippen LogP contribution >= 0.6 is 0 Å². The summed E-state index contributed by atoms with van der Waals surface area (Å²) < 4.78 is 0.